The Bertz CT molecular complexity index is 942. The maximum atomic E-state index is 12.5. The van der Waals surface area contributed by atoms with E-state index in [4.69, 9.17) is 39.5 Å². The van der Waals surface area contributed by atoms with Gasteiger partial charge < -0.3 is 9.84 Å². The summed E-state index contributed by atoms with van der Waals surface area (Å²) in [4.78, 5) is 14.3. The standard InChI is InChI=1S/C28H37Cl3O3S/c1-3-13-28(2,17-32)18-34-27(33)26-12-10-23(35-26)5-4-6-24-20(9-11-25(24)31)8-7-19-14-21(29)16-22(30)15-19/h10,12,14-16,20,24-25,32H,3-9,11,13,17-18H2,1-2H3/t20-,24+,25+,28?/m0/s1. The molecule has 7 heteroatoms. The Labute approximate surface area is 229 Å². The van der Waals surface area contributed by atoms with E-state index in [0.29, 0.717) is 26.8 Å². The number of aliphatic hydroxyl groups is 1. The van der Waals surface area contributed by atoms with Gasteiger partial charge in [0.25, 0.3) is 0 Å². The summed E-state index contributed by atoms with van der Waals surface area (Å²) < 4.78 is 5.52. The van der Waals surface area contributed by atoms with Crippen LogP contribution in [0.25, 0.3) is 0 Å². The van der Waals surface area contributed by atoms with Crippen molar-refractivity contribution in [1.82, 2.24) is 0 Å². The second kappa shape index (κ2) is 13.7. The molecule has 1 N–H and O–H groups in total. The van der Waals surface area contributed by atoms with Crippen molar-refractivity contribution in [2.24, 2.45) is 17.3 Å². The van der Waals surface area contributed by atoms with Gasteiger partial charge in [-0.1, -0.05) is 43.5 Å². The van der Waals surface area contributed by atoms with E-state index in [-0.39, 0.29) is 30.0 Å². The van der Waals surface area contributed by atoms with E-state index in [9.17, 15) is 9.90 Å². The maximum absolute atomic E-state index is 12.5. The predicted molar refractivity (Wildman–Crippen MR) is 148 cm³/mol. The van der Waals surface area contributed by atoms with Crippen LogP contribution in [0.5, 0.6) is 0 Å². The Morgan fingerprint density at radius 1 is 1.14 bits per heavy atom. The fourth-order valence-corrected chi connectivity index (χ4v) is 7.20. The Balaban J connectivity index is 1.46. The van der Waals surface area contributed by atoms with Crippen molar-refractivity contribution in [3.63, 3.8) is 0 Å². The molecule has 4 atom stereocenters. The number of hydrogen-bond acceptors (Lipinski definition) is 4. The number of carbonyl (C=O) groups excluding carboxylic acids is 1. The predicted octanol–water partition coefficient (Wildman–Crippen LogP) is 8.60. The van der Waals surface area contributed by atoms with Crippen molar-refractivity contribution in [2.45, 2.75) is 77.0 Å². The van der Waals surface area contributed by atoms with E-state index in [1.807, 2.05) is 31.2 Å². The Morgan fingerprint density at radius 2 is 1.89 bits per heavy atom. The SMILES string of the molecule is CCCC(C)(CO)COC(=O)c1ccc(CCC[C@@H]2[C@@H](CCc3cc(Cl)cc(Cl)c3)CC[C@H]2Cl)s1. The van der Waals surface area contributed by atoms with Crippen LogP contribution < -0.4 is 0 Å². The van der Waals surface area contributed by atoms with Gasteiger partial charge in [-0.3, -0.25) is 0 Å². The molecule has 1 heterocycles. The molecule has 1 aliphatic rings. The average molecular weight is 560 g/mol. The summed E-state index contributed by atoms with van der Waals surface area (Å²) >= 11 is 20.5. The lowest BCUT2D eigenvalue weighted by Gasteiger charge is -2.25. The summed E-state index contributed by atoms with van der Waals surface area (Å²) in [5.74, 6) is 0.841. The Hall–Kier alpha value is -0.780. The summed E-state index contributed by atoms with van der Waals surface area (Å²) in [6.07, 6.45) is 9.18. The van der Waals surface area contributed by atoms with Crippen LogP contribution in [0.15, 0.2) is 30.3 Å². The molecule has 1 saturated carbocycles. The first-order valence-corrected chi connectivity index (χ1v) is 14.7. The van der Waals surface area contributed by atoms with E-state index in [1.165, 1.54) is 28.2 Å². The molecule has 1 aromatic heterocycles. The van der Waals surface area contributed by atoms with Gasteiger partial charge in [-0.25, -0.2) is 4.79 Å². The number of benzene rings is 1. The molecule has 194 valence electrons. The van der Waals surface area contributed by atoms with Crippen LogP contribution in [0, 0.1) is 17.3 Å². The first-order chi connectivity index (χ1) is 16.7. The third kappa shape index (κ3) is 8.64. The van der Waals surface area contributed by atoms with Gasteiger partial charge in [0, 0.05) is 25.7 Å². The summed E-state index contributed by atoms with van der Waals surface area (Å²) in [7, 11) is 0. The fourth-order valence-electron chi connectivity index (χ4n) is 5.22. The number of halogens is 3. The van der Waals surface area contributed by atoms with Gasteiger partial charge in [-0.2, -0.15) is 0 Å². The topological polar surface area (TPSA) is 46.5 Å². The number of hydrogen-bond donors (Lipinski definition) is 1. The summed E-state index contributed by atoms with van der Waals surface area (Å²) in [6, 6.07) is 9.67. The minimum atomic E-state index is -0.376. The Morgan fingerprint density at radius 3 is 2.57 bits per heavy atom. The average Bonchev–Trinajstić information content (AvgIpc) is 3.43. The number of ether oxygens (including phenoxy) is 1. The highest BCUT2D eigenvalue weighted by Crippen LogP contribution is 2.41. The zero-order valence-corrected chi connectivity index (χ0v) is 23.8. The molecule has 0 aliphatic heterocycles. The molecule has 2 aromatic rings. The molecule has 1 unspecified atom stereocenters. The van der Waals surface area contributed by atoms with Crippen LogP contribution in [0.4, 0.5) is 0 Å². The summed E-state index contributed by atoms with van der Waals surface area (Å²) in [5, 5.41) is 11.2. The monoisotopic (exact) mass is 558 g/mol. The van der Waals surface area contributed by atoms with Gasteiger partial charge in [-0.15, -0.1) is 22.9 Å². The van der Waals surface area contributed by atoms with Gasteiger partial charge in [0.05, 0.1) is 13.2 Å². The first-order valence-electron chi connectivity index (χ1n) is 12.7. The molecule has 1 aromatic carbocycles. The van der Waals surface area contributed by atoms with Gasteiger partial charge in [0.15, 0.2) is 0 Å². The highest BCUT2D eigenvalue weighted by atomic mass is 35.5. The van der Waals surface area contributed by atoms with Crippen molar-refractivity contribution in [3.05, 3.63) is 55.7 Å². The summed E-state index contributed by atoms with van der Waals surface area (Å²) in [5.41, 5.74) is 0.811. The molecule has 3 rings (SSSR count). The van der Waals surface area contributed by atoms with Crippen LogP contribution in [0.1, 0.15) is 78.9 Å². The zero-order valence-electron chi connectivity index (χ0n) is 20.7. The van der Waals surface area contributed by atoms with Crippen molar-refractivity contribution < 1.29 is 14.6 Å². The summed E-state index contributed by atoms with van der Waals surface area (Å²) in [6.45, 7) is 4.27. The third-order valence-corrected chi connectivity index (χ3v) is 9.32. The molecular formula is C28H37Cl3O3S. The van der Waals surface area contributed by atoms with E-state index in [0.717, 1.165) is 51.4 Å². The normalized spacial score (nSPS) is 21.7. The molecule has 0 radical (unpaired) electrons. The van der Waals surface area contributed by atoms with Crippen molar-refractivity contribution in [3.8, 4) is 0 Å². The minimum Gasteiger partial charge on any atom is -0.461 e. The number of alkyl halides is 1. The lowest BCUT2D eigenvalue weighted by atomic mass is 9.86. The van der Waals surface area contributed by atoms with Crippen LogP contribution in [0.3, 0.4) is 0 Å². The molecule has 35 heavy (non-hydrogen) atoms. The molecule has 1 fully saturated rings. The van der Waals surface area contributed by atoms with E-state index in [2.05, 4.69) is 6.92 Å². The minimum absolute atomic E-state index is 0.0143. The number of rotatable bonds is 13. The first kappa shape index (κ1) is 28.8. The van der Waals surface area contributed by atoms with Crippen LogP contribution in [-0.2, 0) is 17.6 Å². The second-order valence-corrected chi connectivity index (χ2v) is 12.9. The number of esters is 1. The van der Waals surface area contributed by atoms with Crippen molar-refractivity contribution >= 4 is 52.1 Å². The lowest BCUT2D eigenvalue weighted by molar-refractivity contribution is 0.0136. The smallest absolute Gasteiger partial charge is 0.348 e. The van der Waals surface area contributed by atoms with Gasteiger partial charge in [0.1, 0.15) is 4.88 Å². The maximum Gasteiger partial charge on any atom is 0.348 e. The third-order valence-electron chi connectivity index (χ3n) is 7.22. The zero-order chi connectivity index (χ0) is 25.4. The van der Waals surface area contributed by atoms with Crippen LogP contribution in [-0.4, -0.2) is 29.7 Å². The highest BCUT2D eigenvalue weighted by Gasteiger charge is 2.34. The van der Waals surface area contributed by atoms with Crippen LogP contribution >= 0.6 is 46.1 Å². The molecule has 1 aliphatic carbocycles. The molecule has 0 amide bonds. The number of aryl methyl sites for hydroxylation is 2. The quantitative estimate of drug-likeness (QED) is 0.197. The Kier molecular flexibility index (Phi) is 11.2. The van der Waals surface area contributed by atoms with Crippen molar-refractivity contribution in [2.75, 3.05) is 13.2 Å². The van der Waals surface area contributed by atoms with E-state index >= 15 is 0 Å². The second-order valence-electron chi connectivity index (χ2n) is 10.3. The number of aliphatic hydroxyl groups excluding tert-OH is 1. The lowest BCUT2D eigenvalue weighted by Crippen LogP contribution is -2.28. The largest absolute Gasteiger partial charge is 0.461 e. The molecule has 3 nitrogen and oxygen atoms in total. The fraction of sp³-hybridized carbons (Fsp3) is 0.607. The highest BCUT2D eigenvalue weighted by molar-refractivity contribution is 7.13. The number of carbonyl (C=O) groups is 1. The molecule has 0 spiro atoms. The van der Waals surface area contributed by atoms with E-state index < -0.39 is 0 Å². The van der Waals surface area contributed by atoms with Crippen LogP contribution in [0.2, 0.25) is 10.0 Å². The number of thiophene rings is 1. The van der Waals surface area contributed by atoms with Gasteiger partial charge in [0.2, 0.25) is 0 Å². The molecule has 0 bridgehead atoms. The van der Waals surface area contributed by atoms with Gasteiger partial charge in [-0.05, 0) is 99.1 Å². The molecule has 0 saturated heterocycles. The van der Waals surface area contributed by atoms with Crippen molar-refractivity contribution in [1.29, 1.82) is 0 Å². The van der Waals surface area contributed by atoms with Gasteiger partial charge >= 0.3 is 5.97 Å². The van der Waals surface area contributed by atoms with E-state index in [1.54, 1.807) is 6.07 Å². The molecular weight excluding hydrogens is 523 g/mol.